The van der Waals surface area contributed by atoms with Gasteiger partial charge in [0.15, 0.2) is 0 Å². The molecule has 0 aromatic heterocycles. The van der Waals surface area contributed by atoms with E-state index in [1.807, 2.05) is 24.3 Å². The third-order valence-electron chi connectivity index (χ3n) is 4.73. The molecular weight excluding hydrogens is 290 g/mol. The predicted molar refractivity (Wildman–Crippen MR) is 90.4 cm³/mol. The zero-order chi connectivity index (χ0) is 16.7. The Hall–Kier alpha value is -1.88. The molecule has 1 aliphatic carbocycles. The molecule has 0 bridgehead atoms. The minimum Gasteiger partial charge on any atom is -0.345 e. The first-order valence-electron chi connectivity index (χ1n) is 8.51. The van der Waals surface area contributed by atoms with Crippen LogP contribution in [-0.2, 0) is 22.7 Å². The van der Waals surface area contributed by atoms with E-state index < -0.39 is 11.8 Å². The van der Waals surface area contributed by atoms with Crippen molar-refractivity contribution in [2.75, 3.05) is 0 Å². The van der Waals surface area contributed by atoms with Crippen molar-refractivity contribution < 1.29 is 9.59 Å². The minimum atomic E-state index is -0.572. The van der Waals surface area contributed by atoms with Crippen LogP contribution < -0.4 is 16.4 Å². The van der Waals surface area contributed by atoms with Crippen LogP contribution in [0.15, 0.2) is 24.3 Å². The Kier molecular flexibility index (Phi) is 6.59. The molecule has 1 aliphatic rings. The summed E-state index contributed by atoms with van der Waals surface area (Å²) in [7, 11) is 0. The lowest BCUT2D eigenvalue weighted by molar-refractivity contribution is -0.140. The van der Waals surface area contributed by atoms with Crippen LogP contribution in [0.5, 0.6) is 0 Å². The van der Waals surface area contributed by atoms with Gasteiger partial charge in [-0.15, -0.1) is 0 Å². The van der Waals surface area contributed by atoms with Crippen molar-refractivity contribution in [2.45, 2.75) is 58.2 Å². The zero-order valence-corrected chi connectivity index (χ0v) is 13.8. The second-order valence-electron chi connectivity index (χ2n) is 6.19. The molecule has 1 saturated carbocycles. The van der Waals surface area contributed by atoms with Gasteiger partial charge in [-0.2, -0.15) is 0 Å². The minimum absolute atomic E-state index is 0.128. The molecule has 0 heterocycles. The van der Waals surface area contributed by atoms with Gasteiger partial charge in [0.05, 0.1) is 0 Å². The summed E-state index contributed by atoms with van der Waals surface area (Å²) < 4.78 is 0. The fourth-order valence-corrected chi connectivity index (χ4v) is 3.31. The van der Waals surface area contributed by atoms with Crippen LogP contribution >= 0.6 is 0 Å². The number of hydrogen-bond donors (Lipinski definition) is 3. The van der Waals surface area contributed by atoms with E-state index in [-0.39, 0.29) is 6.04 Å². The quantitative estimate of drug-likeness (QED) is 0.725. The molecule has 2 atom stereocenters. The van der Waals surface area contributed by atoms with Gasteiger partial charge in [0, 0.05) is 19.1 Å². The number of rotatable bonds is 5. The monoisotopic (exact) mass is 317 g/mol. The van der Waals surface area contributed by atoms with Crippen LogP contribution in [0.4, 0.5) is 0 Å². The van der Waals surface area contributed by atoms with E-state index in [1.54, 1.807) is 0 Å². The fraction of sp³-hybridized carbons (Fsp3) is 0.556. The fourth-order valence-electron chi connectivity index (χ4n) is 3.31. The number of hydrogen-bond acceptors (Lipinski definition) is 3. The van der Waals surface area contributed by atoms with Crippen LogP contribution in [0.25, 0.3) is 0 Å². The largest absolute Gasteiger partial charge is 0.345 e. The molecule has 4 N–H and O–H groups in total. The van der Waals surface area contributed by atoms with E-state index in [4.69, 9.17) is 5.73 Å². The Labute approximate surface area is 138 Å². The Balaban J connectivity index is 1.86. The molecule has 5 heteroatoms. The van der Waals surface area contributed by atoms with Crippen LogP contribution in [0.2, 0.25) is 0 Å². The highest BCUT2D eigenvalue weighted by Gasteiger charge is 2.27. The second kappa shape index (κ2) is 8.67. The average Bonchev–Trinajstić information content (AvgIpc) is 2.60. The summed E-state index contributed by atoms with van der Waals surface area (Å²) >= 11 is 0. The van der Waals surface area contributed by atoms with Crippen LogP contribution in [0, 0.1) is 5.92 Å². The molecule has 0 spiro atoms. The van der Waals surface area contributed by atoms with Crippen LogP contribution in [-0.4, -0.2) is 17.9 Å². The van der Waals surface area contributed by atoms with Gasteiger partial charge in [-0.05, 0) is 29.9 Å². The van der Waals surface area contributed by atoms with Crippen molar-refractivity contribution in [2.24, 2.45) is 11.7 Å². The number of amides is 2. The highest BCUT2D eigenvalue weighted by Crippen LogP contribution is 2.26. The SMILES string of the molecule is CCC1CCCCC1NC(=O)C(=O)NCc1ccccc1CN. The molecule has 23 heavy (non-hydrogen) atoms. The van der Waals surface area contributed by atoms with Crippen LogP contribution in [0.1, 0.15) is 50.2 Å². The lowest BCUT2D eigenvalue weighted by atomic mass is 9.83. The third kappa shape index (κ3) is 4.79. The summed E-state index contributed by atoms with van der Waals surface area (Å²) in [6.45, 7) is 2.87. The van der Waals surface area contributed by atoms with E-state index in [1.165, 1.54) is 6.42 Å². The first-order chi connectivity index (χ1) is 11.2. The molecule has 1 aromatic rings. The van der Waals surface area contributed by atoms with Gasteiger partial charge < -0.3 is 16.4 Å². The summed E-state index contributed by atoms with van der Waals surface area (Å²) in [6, 6.07) is 7.77. The van der Waals surface area contributed by atoms with Gasteiger partial charge in [0.2, 0.25) is 0 Å². The third-order valence-corrected chi connectivity index (χ3v) is 4.73. The molecule has 2 amide bonds. The molecule has 1 fully saturated rings. The molecule has 1 aromatic carbocycles. The number of carbonyl (C=O) groups excluding carboxylic acids is 2. The Morgan fingerprint density at radius 1 is 1.13 bits per heavy atom. The molecule has 5 nitrogen and oxygen atoms in total. The van der Waals surface area contributed by atoms with Crippen LogP contribution in [0.3, 0.4) is 0 Å². The van der Waals surface area contributed by atoms with Crippen molar-refractivity contribution in [3.63, 3.8) is 0 Å². The van der Waals surface area contributed by atoms with E-state index in [0.29, 0.717) is 19.0 Å². The number of carbonyl (C=O) groups is 2. The molecule has 126 valence electrons. The number of nitrogens with two attached hydrogens (primary N) is 1. The molecule has 2 rings (SSSR count). The molecular formula is C18H27N3O2. The molecule has 0 aliphatic heterocycles. The highest BCUT2D eigenvalue weighted by molar-refractivity contribution is 6.35. The van der Waals surface area contributed by atoms with Crippen molar-refractivity contribution in [3.05, 3.63) is 35.4 Å². The van der Waals surface area contributed by atoms with Crippen molar-refractivity contribution >= 4 is 11.8 Å². The van der Waals surface area contributed by atoms with E-state index in [0.717, 1.165) is 36.8 Å². The van der Waals surface area contributed by atoms with Gasteiger partial charge in [-0.25, -0.2) is 0 Å². The number of nitrogens with one attached hydrogen (secondary N) is 2. The summed E-state index contributed by atoms with van der Waals surface area (Å²) in [6.07, 6.45) is 5.47. The van der Waals surface area contributed by atoms with Crippen molar-refractivity contribution in [1.29, 1.82) is 0 Å². The average molecular weight is 317 g/mol. The van der Waals surface area contributed by atoms with Crippen molar-refractivity contribution in [3.8, 4) is 0 Å². The van der Waals surface area contributed by atoms with Gasteiger partial charge in [0.25, 0.3) is 0 Å². The summed E-state index contributed by atoms with van der Waals surface area (Å²) in [5.74, 6) is -0.615. The highest BCUT2D eigenvalue weighted by atomic mass is 16.2. The Morgan fingerprint density at radius 3 is 2.52 bits per heavy atom. The van der Waals surface area contributed by atoms with Gasteiger partial charge in [0.1, 0.15) is 0 Å². The Bertz CT molecular complexity index is 545. The molecule has 0 radical (unpaired) electrons. The smallest absolute Gasteiger partial charge is 0.309 e. The lowest BCUT2D eigenvalue weighted by Gasteiger charge is -2.31. The number of benzene rings is 1. The molecule has 0 saturated heterocycles. The van der Waals surface area contributed by atoms with E-state index in [9.17, 15) is 9.59 Å². The van der Waals surface area contributed by atoms with Gasteiger partial charge >= 0.3 is 11.8 Å². The normalized spacial score (nSPS) is 20.8. The van der Waals surface area contributed by atoms with Crippen molar-refractivity contribution in [1.82, 2.24) is 10.6 Å². The topological polar surface area (TPSA) is 84.2 Å². The maximum absolute atomic E-state index is 12.1. The van der Waals surface area contributed by atoms with E-state index in [2.05, 4.69) is 17.6 Å². The lowest BCUT2D eigenvalue weighted by Crippen LogP contribution is -2.48. The maximum Gasteiger partial charge on any atom is 0.309 e. The Morgan fingerprint density at radius 2 is 1.83 bits per heavy atom. The van der Waals surface area contributed by atoms with E-state index >= 15 is 0 Å². The first kappa shape index (κ1) is 17.5. The standard InChI is InChI=1S/C18H27N3O2/c1-2-13-7-5-6-10-16(13)21-18(23)17(22)20-12-15-9-4-3-8-14(15)11-19/h3-4,8-9,13,16H,2,5-7,10-12,19H2,1H3,(H,20,22)(H,21,23). The zero-order valence-electron chi connectivity index (χ0n) is 13.8. The van der Waals surface area contributed by atoms with Gasteiger partial charge in [-0.3, -0.25) is 9.59 Å². The summed E-state index contributed by atoms with van der Waals surface area (Å²) in [5, 5.41) is 5.60. The first-order valence-corrected chi connectivity index (χ1v) is 8.51. The summed E-state index contributed by atoms with van der Waals surface area (Å²) in [4.78, 5) is 24.1. The van der Waals surface area contributed by atoms with Gasteiger partial charge in [-0.1, -0.05) is 50.5 Å². The molecule has 2 unspecified atom stereocenters. The maximum atomic E-state index is 12.1. The second-order valence-corrected chi connectivity index (χ2v) is 6.19. The predicted octanol–water partition coefficient (Wildman–Crippen LogP) is 1.85. The summed E-state index contributed by atoms with van der Waals surface area (Å²) in [5.41, 5.74) is 7.60.